The molecule has 11 heavy (non-hydrogen) atoms. The maximum absolute atomic E-state index is 4.97. The third kappa shape index (κ3) is 3.89. The summed E-state index contributed by atoms with van der Waals surface area (Å²) in [5, 5.41) is 0. The van der Waals surface area contributed by atoms with Gasteiger partial charge in [-0.3, -0.25) is 0 Å². The van der Waals surface area contributed by atoms with E-state index in [-0.39, 0.29) is 0 Å². The Balaban J connectivity index is 1.96. The van der Waals surface area contributed by atoms with Crippen LogP contribution in [0.25, 0.3) is 0 Å². The van der Waals surface area contributed by atoms with Gasteiger partial charge in [-0.25, -0.2) is 9.78 Å². The summed E-state index contributed by atoms with van der Waals surface area (Å²) in [5.74, 6) is 0.738. The highest BCUT2D eigenvalue weighted by Crippen LogP contribution is 2.23. The molecular weight excluding hydrogens is 156 g/mol. The van der Waals surface area contributed by atoms with E-state index in [2.05, 4.69) is 10.2 Å². The van der Waals surface area contributed by atoms with Crippen molar-refractivity contribution >= 4 is 10.2 Å². The molecular formula is C8H15O2Si. The summed E-state index contributed by atoms with van der Waals surface area (Å²) in [5.41, 5.74) is 0. The van der Waals surface area contributed by atoms with Crippen LogP contribution in [0.2, 0.25) is 0 Å². The highest BCUT2D eigenvalue weighted by molar-refractivity contribution is 6.08. The van der Waals surface area contributed by atoms with Crippen molar-refractivity contribution in [2.45, 2.75) is 32.1 Å². The molecule has 1 aliphatic carbocycles. The molecule has 0 N–H and O–H groups in total. The molecule has 0 aromatic heterocycles. The molecule has 0 saturated heterocycles. The van der Waals surface area contributed by atoms with Gasteiger partial charge in [0.25, 0.3) is 0 Å². The van der Waals surface area contributed by atoms with Gasteiger partial charge in [0.1, 0.15) is 0 Å². The van der Waals surface area contributed by atoms with Crippen LogP contribution in [-0.4, -0.2) is 23.1 Å². The van der Waals surface area contributed by atoms with Crippen LogP contribution in [0.3, 0.4) is 0 Å². The molecule has 3 radical (unpaired) electrons. The zero-order chi connectivity index (χ0) is 7.94. The van der Waals surface area contributed by atoms with Gasteiger partial charge >= 0.3 is 0 Å². The summed E-state index contributed by atoms with van der Waals surface area (Å²) in [6.07, 6.45) is 7.21. The first-order valence-corrected chi connectivity index (χ1v) is 5.03. The van der Waals surface area contributed by atoms with Gasteiger partial charge in [0.15, 0.2) is 0 Å². The van der Waals surface area contributed by atoms with E-state index >= 15 is 0 Å². The lowest BCUT2D eigenvalue weighted by molar-refractivity contribution is -0.288. The summed E-state index contributed by atoms with van der Waals surface area (Å²) in [6, 6.07) is 0. The fourth-order valence-electron chi connectivity index (χ4n) is 1.54. The van der Waals surface area contributed by atoms with Crippen molar-refractivity contribution in [2.24, 2.45) is 5.92 Å². The summed E-state index contributed by atoms with van der Waals surface area (Å²) in [4.78, 5) is 9.72. The smallest absolute Gasteiger partial charge is 0.0850 e. The Morgan fingerprint density at radius 1 is 1.09 bits per heavy atom. The molecule has 0 spiro atoms. The molecule has 1 fully saturated rings. The van der Waals surface area contributed by atoms with E-state index in [0.717, 1.165) is 12.5 Å². The van der Waals surface area contributed by atoms with Gasteiger partial charge in [0.2, 0.25) is 0 Å². The molecule has 1 saturated carbocycles. The minimum atomic E-state index is 0.465. The van der Waals surface area contributed by atoms with E-state index in [1.807, 2.05) is 0 Å². The maximum Gasteiger partial charge on any atom is 0.0850 e. The maximum atomic E-state index is 4.97. The second-order valence-corrected chi connectivity index (χ2v) is 3.34. The normalized spacial score (nSPS) is 20.5. The Morgan fingerprint density at radius 2 is 1.82 bits per heavy atom. The van der Waals surface area contributed by atoms with Crippen molar-refractivity contribution in [1.82, 2.24) is 0 Å². The summed E-state index contributed by atoms with van der Waals surface area (Å²) >= 11 is 0. The average molecular weight is 171 g/mol. The Bertz CT molecular complexity index is 92.1. The molecule has 1 rings (SSSR count). The summed E-state index contributed by atoms with van der Waals surface area (Å²) < 4.78 is 0. The van der Waals surface area contributed by atoms with Crippen LogP contribution in [0.1, 0.15) is 32.1 Å². The van der Waals surface area contributed by atoms with Gasteiger partial charge in [0.05, 0.1) is 23.1 Å². The Hall–Kier alpha value is 0.137. The quantitative estimate of drug-likeness (QED) is 0.277. The van der Waals surface area contributed by atoms with Gasteiger partial charge in [-0.1, -0.05) is 19.3 Å². The SMILES string of the molecule is [Si]COOCC1CCCCC1. The van der Waals surface area contributed by atoms with Crippen molar-refractivity contribution in [3.05, 3.63) is 0 Å². The third-order valence-corrected chi connectivity index (χ3v) is 2.29. The minimum absolute atomic E-state index is 0.465. The van der Waals surface area contributed by atoms with Gasteiger partial charge in [-0.05, 0) is 18.8 Å². The van der Waals surface area contributed by atoms with Gasteiger partial charge < -0.3 is 0 Å². The van der Waals surface area contributed by atoms with Crippen molar-refractivity contribution in [1.29, 1.82) is 0 Å². The van der Waals surface area contributed by atoms with Crippen LogP contribution in [0.15, 0.2) is 0 Å². The first kappa shape index (κ1) is 9.23. The van der Waals surface area contributed by atoms with E-state index in [4.69, 9.17) is 9.78 Å². The molecule has 0 unspecified atom stereocenters. The zero-order valence-corrected chi connectivity index (χ0v) is 7.84. The second-order valence-electron chi connectivity index (χ2n) is 3.05. The fourth-order valence-corrected chi connectivity index (χ4v) is 1.62. The van der Waals surface area contributed by atoms with Crippen LogP contribution < -0.4 is 0 Å². The summed E-state index contributed by atoms with van der Waals surface area (Å²) in [6.45, 7) is 0.768. The van der Waals surface area contributed by atoms with Crippen LogP contribution in [0.5, 0.6) is 0 Å². The van der Waals surface area contributed by atoms with Gasteiger partial charge in [-0.2, -0.15) is 0 Å². The predicted octanol–water partition coefficient (Wildman–Crippen LogP) is 1.64. The van der Waals surface area contributed by atoms with Crippen molar-refractivity contribution in [2.75, 3.05) is 12.8 Å². The highest BCUT2D eigenvalue weighted by atomic mass is 28.1. The molecule has 0 atom stereocenters. The van der Waals surface area contributed by atoms with Crippen molar-refractivity contribution < 1.29 is 9.78 Å². The zero-order valence-electron chi connectivity index (χ0n) is 6.84. The van der Waals surface area contributed by atoms with E-state index in [0.29, 0.717) is 6.23 Å². The monoisotopic (exact) mass is 171 g/mol. The number of hydrogen-bond acceptors (Lipinski definition) is 2. The first-order chi connectivity index (χ1) is 5.43. The Morgan fingerprint density at radius 3 is 2.45 bits per heavy atom. The average Bonchev–Trinajstić information content (AvgIpc) is 2.07. The first-order valence-electron chi connectivity index (χ1n) is 4.32. The molecule has 0 amide bonds. The number of hydrogen-bond donors (Lipinski definition) is 0. The Kier molecular flexibility index (Phi) is 4.82. The molecule has 0 aromatic carbocycles. The van der Waals surface area contributed by atoms with Crippen LogP contribution >= 0.6 is 0 Å². The lowest BCUT2D eigenvalue weighted by Crippen LogP contribution is -2.13. The molecule has 2 nitrogen and oxygen atoms in total. The molecule has 63 valence electrons. The van der Waals surface area contributed by atoms with E-state index in [9.17, 15) is 0 Å². The highest BCUT2D eigenvalue weighted by Gasteiger charge is 2.13. The van der Waals surface area contributed by atoms with Crippen molar-refractivity contribution in [3.63, 3.8) is 0 Å². The lowest BCUT2D eigenvalue weighted by Gasteiger charge is -2.20. The second kappa shape index (κ2) is 5.74. The molecule has 0 heterocycles. The van der Waals surface area contributed by atoms with Gasteiger partial charge in [-0.15, -0.1) is 0 Å². The van der Waals surface area contributed by atoms with Crippen LogP contribution in [0.4, 0.5) is 0 Å². The molecule has 0 aliphatic heterocycles. The van der Waals surface area contributed by atoms with Crippen molar-refractivity contribution in [3.8, 4) is 0 Å². The Labute approximate surface area is 71.6 Å². The van der Waals surface area contributed by atoms with E-state index in [1.165, 1.54) is 32.1 Å². The topological polar surface area (TPSA) is 18.5 Å². The van der Waals surface area contributed by atoms with Gasteiger partial charge in [0, 0.05) is 0 Å². The van der Waals surface area contributed by atoms with Crippen LogP contribution in [-0.2, 0) is 9.78 Å². The minimum Gasteiger partial charge on any atom is -0.241 e. The summed E-state index contributed by atoms with van der Waals surface area (Å²) in [7, 11) is 3.17. The third-order valence-electron chi connectivity index (χ3n) is 2.17. The largest absolute Gasteiger partial charge is 0.241 e. The predicted molar refractivity (Wildman–Crippen MR) is 44.2 cm³/mol. The van der Waals surface area contributed by atoms with Crippen LogP contribution in [0, 0.1) is 5.92 Å². The standard InChI is InChI=1S/C8H15O2Si/c11-7-10-9-6-8-4-2-1-3-5-8/h8H,1-7H2. The lowest BCUT2D eigenvalue weighted by atomic mass is 9.90. The van der Waals surface area contributed by atoms with E-state index < -0.39 is 0 Å². The number of rotatable bonds is 4. The molecule has 3 heteroatoms. The van der Waals surface area contributed by atoms with E-state index in [1.54, 1.807) is 0 Å². The molecule has 0 aromatic rings. The molecule has 0 bridgehead atoms. The molecule has 1 aliphatic rings. The fraction of sp³-hybridized carbons (Fsp3) is 1.00.